The van der Waals surface area contributed by atoms with Crippen LogP contribution in [0.25, 0.3) is 0 Å². The topological polar surface area (TPSA) is 84.3 Å². The molecule has 1 aromatic heterocycles. The zero-order valence-corrected chi connectivity index (χ0v) is 15.3. The van der Waals surface area contributed by atoms with Crippen LogP contribution in [0.15, 0.2) is 35.5 Å². The second-order valence-corrected chi connectivity index (χ2v) is 8.11. The van der Waals surface area contributed by atoms with E-state index in [1.807, 2.05) is 6.92 Å². The molecule has 1 aliphatic rings. The van der Waals surface area contributed by atoms with Crippen molar-refractivity contribution < 1.29 is 13.2 Å². The first-order valence-electron chi connectivity index (χ1n) is 8.05. The zero-order valence-electron chi connectivity index (χ0n) is 13.8. The normalized spacial score (nSPS) is 15.4. The van der Waals surface area contributed by atoms with Crippen molar-refractivity contribution in [3.05, 3.63) is 41.2 Å². The fourth-order valence-corrected chi connectivity index (χ4v) is 4.72. The molecular formula is C16H19ClN4O3S. The maximum atomic E-state index is 12.7. The maximum Gasteiger partial charge on any atom is 0.258 e. The molecule has 1 saturated heterocycles. The fraction of sp³-hybridized carbons (Fsp3) is 0.375. The molecule has 0 unspecified atom stereocenters. The lowest BCUT2D eigenvalue weighted by Crippen LogP contribution is -2.28. The number of carbonyl (C=O) groups excluding carboxylic acids is 1. The molecule has 1 N–H and O–H groups in total. The molecule has 1 amide bonds. The maximum absolute atomic E-state index is 12.7. The number of benzene rings is 1. The van der Waals surface area contributed by atoms with Crippen molar-refractivity contribution in [2.45, 2.75) is 31.2 Å². The van der Waals surface area contributed by atoms with E-state index in [2.05, 4.69) is 10.4 Å². The van der Waals surface area contributed by atoms with E-state index < -0.39 is 10.0 Å². The largest absolute Gasteiger partial charge is 0.322 e. The minimum Gasteiger partial charge on any atom is -0.322 e. The molecule has 0 radical (unpaired) electrons. The number of aryl methyl sites for hydroxylation is 1. The van der Waals surface area contributed by atoms with Gasteiger partial charge in [-0.2, -0.15) is 9.40 Å². The van der Waals surface area contributed by atoms with E-state index in [4.69, 9.17) is 11.6 Å². The predicted octanol–water partition coefficient (Wildman–Crippen LogP) is 2.59. The number of rotatable bonds is 5. The monoisotopic (exact) mass is 382 g/mol. The Morgan fingerprint density at radius 2 is 2.04 bits per heavy atom. The highest BCUT2D eigenvalue weighted by atomic mass is 35.5. The highest BCUT2D eigenvalue weighted by Crippen LogP contribution is 2.29. The van der Waals surface area contributed by atoms with Gasteiger partial charge in [-0.3, -0.25) is 9.48 Å². The van der Waals surface area contributed by atoms with Crippen LogP contribution in [0.4, 0.5) is 5.69 Å². The summed E-state index contributed by atoms with van der Waals surface area (Å²) in [5.74, 6) is -0.355. The quantitative estimate of drug-likeness (QED) is 0.861. The Bertz CT molecular complexity index is 889. The zero-order chi connectivity index (χ0) is 18.0. The van der Waals surface area contributed by atoms with Gasteiger partial charge in [0.15, 0.2) is 0 Å². The van der Waals surface area contributed by atoms with Crippen LogP contribution in [0.1, 0.15) is 30.1 Å². The molecule has 2 heterocycles. The molecule has 134 valence electrons. The molecule has 0 aliphatic carbocycles. The molecule has 2 aromatic rings. The Morgan fingerprint density at radius 3 is 2.68 bits per heavy atom. The average molecular weight is 383 g/mol. The van der Waals surface area contributed by atoms with Gasteiger partial charge in [-0.15, -0.1) is 0 Å². The minimum atomic E-state index is -3.66. The van der Waals surface area contributed by atoms with Crippen LogP contribution in [0.2, 0.25) is 5.02 Å². The smallest absolute Gasteiger partial charge is 0.258 e. The van der Waals surface area contributed by atoms with Crippen LogP contribution in [-0.2, 0) is 16.6 Å². The third kappa shape index (κ3) is 3.70. The predicted molar refractivity (Wildman–Crippen MR) is 95.3 cm³/mol. The first kappa shape index (κ1) is 17.9. The Labute approximate surface area is 151 Å². The van der Waals surface area contributed by atoms with Crippen molar-refractivity contribution in [3.63, 3.8) is 0 Å². The Balaban J connectivity index is 1.85. The van der Waals surface area contributed by atoms with Crippen LogP contribution in [0.5, 0.6) is 0 Å². The molecule has 1 fully saturated rings. The number of halogens is 1. The number of anilines is 1. The SMILES string of the molecule is CCn1cc(C(=O)Nc2ccc(Cl)c(S(=O)(=O)N3CCCC3)c2)cn1. The first-order chi connectivity index (χ1) is 11.9. The van der Waals surface area contributed by atoms with Gasteiger partial charge >= 0.3 is 0 Å². The van der Waals surface area contributed by atoms with Crippen molar-refractivity contribution in [1.29, 1.82) is 0 Å². The van der Waals surface area contributed by atoms with Gasteiger partial charge in [-0.25, -0.2) is 8.42 Å². The van der Waals surface area contributed by atoms with Crippen LogP contribution in [0, 0.1) is 0 Å². The third-order valence-corrected chi connectivity index (χ3v) is 6.47. The van der Waals surface area contributed by atoms with E-state index in [9.17, 15) is 13.2 Å². The van der Waals surface area contributed by atoms with Gasteiger partial charge in [-0.1, -0.05) is 11.6 Å². The summed E-state index contributed by atoms with van der Waals surface area (Å²) in [7, 11) is -3.66. The summed E-state index contributed by atoms with van der Waals surface area (Å²) in [6.45, 7) is 3.56. The van der Waals surface area contributed by atoms with Crippen molar-refractivity contribution in [2.24, 2.45) is 0 Å². The number of hydrogen-bond donors (Lipinski definition) is 1. The molecule has 25 heavy (non-hydrogen) atoms. The van der Waals surface area contributed by atoms with E-state index in [0.717, 1.165) is 12.8 Å². The Hall–Kier alpha value is -1.90. The van der Waals surface area contributed by atoms with E-state index >= 15 is 0 Å². The van der Waals surface area contributed by atoms with E-state index in [1.165, 1.54) is 22.6 Å². The number of nitrogens with one attached hydrogen (secondary N) is 1. The lowest BCUT2D eigenvalue weighted by Gasteiger charge is -2.17. The molecule has 9 heteroatoms. The molecular weight excluding hydrogens is 364 g/mol. The molecule has 7 nitrogen and oxygen atoms in total. The molecule has 0 atom stereocenters. The summed E-state index contributed by atoms with van der Waals surface area (Å²) in [5, 5.41) is 6.89. The summed E-state index contributed by atoms with van der Waals surface area (Å²) < 4.78 is 28.5. The van der Waals surface area contributed by atoms with Crippen molar-refractivity contribution >= 4 is 33.2 Å². The van der Waals surface area contributed by atoms with Gasteiger partial charge in [0, 0.05) is 31.5 Å². The van der Waals surface area contributed by atoms with Gasteiger partial charge in [0.25, 0.3) is 5.91 Å². The van der Waals surface area contributed by atoms with E-state index in [1.54, 1.807) is 16.9 Å². The van der Waals surface area contributed by atoms with Gasteiger partial charge in [0.05, 0.1) is 16.8 Å². The van der Waals surface area contributed by atoms with Crippen LogP contribution in [-0.4, -0.2) is 41.5 Å². The molecule has 0 saturated carbocycles. The number of amides is 1. The van der Waals surface area contributed by atoms with Crippen LogP contribution >= 0.6 is 11.6 Å². The Kier molecular flexibility index (Phi) is 5.12. The van der Waals surface area contributed by atoms with Crippen molar-refractivity contribution in [3.8, 4) is 0 Å². The molecule has 0 spiro atoms. The van der Waals surface area contributed by atoms with E-state index in [0.29, 0.717) is 30.9 Å². The summed E-state index contributed by atoms with van der Waals surface area (Å²) in [4.78, 5) is 12.3. The van der Waals surface area contributed by atoms with Crippen molar-refractivity contribution in [1.82, 2.24) is 14.1 Å². The lowest BCUT2D eigenvalue weighted by atomic mass is 10.3. The van der Waals surface area contributed by atoms with Crippen LogP contribution in [0.3, 0.4) is 0 Å². The molecule has 0 bridgehead atoms. The minimum absolute atomic E-state index is 0.0121. The summed E-state index contributed by atoms with van der Waals surface area (Å²) in [6.07, 6.45) is 4.78. The molecule has 1 aliphatic heterocycles. The van der Waals surface area contributed by atoms with Gasteiger partial charge < -0.3 is 5.32 Å². The number of hydrogen-bond acceptors (Lipinski definition) is 4. The van der Waals surface area contributed by atoms with Gasteiger partial charge in [-0.05, 0) is 38.0 Å². The summed E-state index contributed by atoms with van der Waals surface area (Å²) in [6, 6.07) is 4.46. The van der Waals surface area contributed by atoms with Gasteiger partial charge in [0.1, 0.15) is 4.90 Å². The van der Waals surface area contributed by atoms with Crippen molar-refractivity contribution in [2.75, 3.05) is 18.4 Å². The number of carbonyl (C=O) groups is 1. The number of nitrogens with zero attached hydrogens (tertiary/aromatic N) is 3. The number of aromatic nitrogens is 2. The average Bonchev–Trinajstić information content (AvgIpc) is 3.28. The second-order valence-electron chi connectivity index (χ2n) is 5.80. The fourth-order valence-electron chi connectivity index (χ4n) is 2.70. The highest BCUT2D eigenvalue weighted by molar-refractivity contribution is 7.89. The Morgan fingerprint density at radius 1 is 1.32 bits per heavy atom. The standard InChI is InChI=1S/C16H19ClN4O3S/c1-2-20-11-12(10-18-20)16(22)19-13-5-6-14(17)15(9-13)25(23,24)21-7-3-4-8-21/h5-6,9-11H,2-4,7-8H2,1H3,(H,19,22). The van der Waals surface area contributed by atoms with Gasteiger partial charge in [0.2, 0.25) is 10.0 Å². The molecule has 1 aromatic carbocycles. The first-order valence-corrected chi connectivity index (χ1v) is 9.87. The summed E-state index contributed by atoms with van der Waals surface area (Å²) in [5.41, 5.74) is 0.775. The number of sulfonamides is 1. The summed E-state index contributed by atoms with van der Waals surface area (Å²) >= 11 is 6.10. The molecule has 3 rings (SSSR count). The third-order valence-electron chi connectivity index (χ3n) is 4.09. The highest BCUT2D eigenvalue weighted by Gasteiger charge is 2.29. The van der Waals surface area contributed by atoms with E-state index in [-0.39, 0.29) is 15.8 Å². The van der Waals surface area contributed by atoms with Crippen LogP contribution < -0.4 is 5.32 Å². The second kappa shape index (κ2) is 7.15. The lowest BCUT2D eigenvalue weighted by molar-refractivity contribution is 0.102.